The third kappa shape index (κ3) is 3.28. The molecule has 0 bridgehead atoms. The average Bonchev–Trinajstić information content (AvgIpc) is 2.40. The maximum atomic E-state index is 12.2. The zero-order valence-corrected chi connectivity index (χ0v) is 11.4. The number of nitrogens with zero attached hydrogens (tertiary/aromatic N) is 2. The Bertz CT molecular complexity index is 469. The summed E-state index contributed by atoms with van der Waals surface area (Å²) in [5.41, 5.74) is 0.734. The molecule has 1 aromatic rings. The Kier molecular flexibility index (Phi) is 4.31. The topological polar surface area (TPSA) is 62.3 Å². The van der Waals surface area contributed by atoms with Gasteiger partial charge in [-0.2, -0.15) is 17.4 Å². The SMILES string of the molecule is CC(NS(=O)(=O)N1CCCCC1)c1ccccn1. The van der Waals surface area contributed by atoms with Gasteiger partial charge in [-0.15, -0.1) is 0 Å². The second-order valence-electron chi connectivity index (χ2n) is 4.56. The number of piperidine rings is 1. The molecule has 100 valence electrons. The number of rotatable bonds is 4. The van der Waals surface area contributed by atoms with Gasteiger partial charge in [0.2, 0.25) is 0 Å². The van der Waals surface area contributed by atoms with Gasteiger partial charge in [-0.3, -0.25) is 4.98 Å². The van der Waals surface area contributed by atoms with Gasteiger partial charge in [0.25, 0.3) is 10.2 Å². The van der Waals surface area contributed by atoms with Crippen molar-refractivity contribution < 1.29 is 8.42 Å². The van der Waals surface area contributed by atoms with E-state index in [2.05, 4.69) is 9.71 Å². The molecule has 2 heterocycles. The van der Waals surface area contributed by atoms with Gasteiger partial charge >= 0.3 is 0 Å². The highest BCUT2D eigenvalue weighted by molar-refractivity contribution is 7.87. The Balaban J connectivity index is 2.03. The summed E-state index contributed by atoms with van der Waals surface area (Å²) >= 11 is 0. The molecular formula is C12H19N3O2S. The normalized spacial score (nSPS) is 19.6. The first kappa shape index (κ1) is 13.5. The smallest absolute Gasteiger partial charge is 0.260 e. The summed E-state index contributed by atoms with van der Waals surface area (Å²) in [5.74, 6) is 0. The largest absolute Gasteiger partial charge is 0.280 e. The van der Waals surface area contributed by atoms with Crippen LogP contribution in [0.15, 0.2) is 24.4 Å². The highest BCUT2D eigenvalue weighted by Crippen LogP contribution is 2.15. The lowest BCUT2D eigenvalue weighted by Gasteiger charge is -2.27. The molecule has 0 amide bonds. The summed E-state index contributed by atoms with van der Waals surface area (Å²) in [7, 11) is -3.39. The Morgan fingerprint density at radius 3 is 2.61 bits per heavy atom. The van der Waals surface area contributed by atoms with E-state index in [1.807, 2.05) is 25.1 Å². The van der Waals surface area contributed by atoms with Crippen LogP contribution in [0.3, 0.4) is 0 Å². The molecule has 1 saturated heterocycles. The summed E-state index contributed by atoms with van der Waals surface area (Å²) in [4.78, 5) is 4.16. The second kappa shape index (κ2) is 5.77. The van der Waals surface area contributed by atoms with Gasteiger partial charge in [0.05, 0.1) is 11.7 Å². The van der Waals surface area contributed by atoms with Crippen LogP contribution in [0.4, 0.5) is 0 Å². The molecule has 0 saturated carbocycles. The van der Waals surface area contributed by atoms with Crippen molar-refractivity contribution in [2.75, 3.05) is 13.1 Å². The van der Waals surface area contributed by atoms with Crippen LogP contribution in [-0.2, 0) is 10.2 Å². The van der Waals surface area contributed by atoms with Crippen molar-refractivity contribution in [3.8, 4) is 0 Å². The van der Waals surface area contributed by atoms with E-state index < -0.39 is 10.2 Å². The van der Waals surface area contributed by atoms with Crippen molar-refractivity contribution >= 4 is 10.2 Å². The molecule has 5 nitrogen and oxygen atoms in total. The predicted molar refractivity (Wildman–Crippen MR) is 70.1 cm³/mol. The number of hydrogen-bond acceptors (Lipinski definition) is 3. The standard InChI is InChI=1S/C12H19N3O2S/c1-11(12-7-3-4-8-13-12)14-18(16,17)15-9-5-2-6-10-15/h3-4,7-8,11,14H,2,5-6,9-10H2,1H3. The first-order chi connectivity index (χ1) is 8.59. The van der Waals surface area contributed by atoms with Gasteiger partial charge in [0, 0.05) is 19.3 Å². The summed E-state index contributed by atoms with van der Waals surface area (Å²) in [6, 6.07) is 5.19. The molecule has 1 N–H and O–H groups in total. The van der Waals surface area contributed by atoms with Crippen molar-refractivity contribution in [1.82, 2.24) is 14.0 Å². The zero-order valence-electron chi connectivity index (χ0n) is 10.5. The van der Waals surface area contributed by atoms with E-state index in [4.69, 9.17) is 0 Å². The third-order valence-corrected chi connectivity index (χ3v) is 4.81. The first-order valence-electron chi connectivity index (χ1n) is 6.28. The fourth-order valence-corrected chi connectivity index (χ4v) is 3.55. The third-order valence-electron chi connectivity index (χ3n) is 3.11. The van der Waals surface area contributed by atoms with Crippen LogP contribution in [0.25, 0.3) is 0 Å². The lowest BCUT2D eigenvalue weighted by molar-refractivity contribution is 0.339. The number of hydrogen-bond donors (Lipinski definition) is 1. The van der Waals surface area contributed by atoms with E-state index >= 15 is 0 Å². The molecule has 1 unspecified atom stereocenters. The quantitative estimate of drug-likeness (QED) is 0.900. The van der Waals surface area contributed by atoms with E-state index in [0.717, 1.165) is 25.0 Å². The van der Waals surface area contributed by atoms with Crippen molar-refractivity contribution in [2.24, 2.45) is 0 Å². The Hall–Kier alpha value is -0.980. The maximum absolute atomic E-state index is 12.2. The van der Waals surface area contributed by atoms with Crippen LogP contribution in [0.5, 0.6) is 0 Å². The maximum Gasteiger partial charge on any atom is 0.280 e. The molecule has 0 radical (unpaired) electrons. The number of aromatic nitrogens is 1. The molecule has 1 aliphatic rings. The number of pyridine rings is 1. The van der Waals surface area contributed by atoms with E-state index in [1.54, 1.807) is 6.20 Å². The lowest BCUT2D eigenvalue weighted by Crippen LogP contribution is -2.44. The van der Waals surface area contributed by atoms with Crippen LogP contribution in [0.2, 0.25) is 0 Å². The van der Waals surface area contributed by atoms with E-state index in [-0.39, 0.29) is 6.04 Å². The van der Waals surface area contributed by atoms with Crippen LogP contribution >= 0.6 is 0 Å². The molecule has 1 aromatic heterocycles. The minimum Gasteiger partial charge on any atom is -0.260 e. The van der Waals surface area contributed by atoms with Crippen LogP contribution in [0, 0.1) is 0 Å². The zero-order chi connectivity index (χ0) is 13.0. The van der Waals surface area contributed by atoms with Crippen LogP contribution < -0.4 is 4.72 Å². The molecule has 1 aliphatic heterocycles. The van der Waals surface area contributed by atoms with Crippen molar-refractivity contribution in [3.63, 3.8) is 0 Å². The molecule has 2 rings (SSSR count). The van der Waals surface area contributed by atoms with Crippen molar-refractivity contribution in [1.29, 1.82) is 0 Å². The minimum absolute atomic E-state index is 0.307. The van der Waals surface area contributed by atoms with Crippen molar-refractivity contribution in [3.05, 3.63) is 30.1 Å². The summed E-state index contributed by atoms with van der Waals surface area (Å²) in [5, 5.41) is 0. The monoisotopic (exact) mass is 269 g/mol. The van der Waals surface area contributed by atoms with E-state index in [1.165, 1.54) is 4.31 Å². The fraction of sp³-hybridized carbons (Fsp3) is 0.583. The number of nitrogens with one attached hydrogen (secondary N) is 1. The van der Waals surface area contributed by atoms with Gasteiger partial charge in [-0.05, 0) is 31.9 Å². The van der Waals surface area contributed by atoms with E-state index in [9.17, 15) is 8.42 Å². The predicted octanol–water partition coefficient (Wildman–Crippen LogP) is 1.46. The van der Waals surface area contributed by atoms with Gasteiger partial charge in [-0.25, -0.2) is 0 Å². The van der Waals surface area contributed by atoms with Crippen LogP contribution in [-0.4, -0.2) is 30.8 Å². The molecular weight excluding hydrogens is 250 g/mol. The van der Waals surface area contributed by atoms with E-state index in [0.29, 0.717) is 13.1 Å². The average molecular weight is 269 g/mol. The molecule has 0 aromatic carbocycles. The summed E-state index contributed by atoms with van der Waals surface area (Å²) in [6.07, 6.45) is 4.67. The molecule has 6 heteroatoms. The lowest BCUT2D eigenvalue weighted by atomic mass is 10.2. The minimum atomic E-state index is -3.39. The Morgan fingerprint density at radius 2 is 2.00 bits per heavy atom. The van der Waals surface area contributed by atoms with Gasteiger partial charge in [0.15, 0.2) is 0 Å². The molecule has 1 fully saturated rings. The second-order valence-corrected chi connectivity index (χ2v) is 6.26. The molecule has 0 aliphatic carbocycles. The first-order valence-corrected chi connectivity index (χ1v) is 7.72. The highest BCUT2D eigenvalue weighted by atomic mass is 32.2. The van der Waals surface area contributed by atoms with Gasteiger partial charge in [0.1, 0.15) is 0 Å². The van der Waals surface area contributed by atoms with Gasteiger partial charge in [-0.1, -0.05) is 12.5 Å². The summed E-state index contributed by atoms with van der Waals surface area (Å²) in [6.45, 7) is 3.04. The van der Waals surface area contributed by atoms with Crippen molar-refractivity contribution in [2.45, 2.75) is 32.2 Å². The highest BCUT2D eigenvalue weighted by Gasteiger charge is 2.25. The van der Waals surface area contributed by atoms with Crippen LogP contribution in [0.1, 0.15) is 37.9 Å². The molecule has 1 atom stereocenters. The Morgan fingerprint density at radius 1 is 1.28 bits per heavy atom. The summed E-state index contributed by atoms with van der Waals surface area (Å²) < 4.78 is 28.5. The molecule has 18 heavy (non-hydrogen) atoms. The Labute approximate surface area is 108 Å². The van der Waals surface area contributed by atoms with Gasteiger partial charge < -0.3 is 0 Å². The fourth-order valence-electron chi connectivity index (χ4n) is 2.10. The molecule has 0 spiro atoms.